The molecule has 1 aliphatic carbocycles. The van der Waals surface area contributed by atoms with Gasteiger partial charge in [0, 0.05) is 23.2 Å². The van der Waals surface area contributed by atoms with Crippen LogP contribution in [0, 0.1) is 6.92 Å². The van der Waals surface area contributed by atoms with Gasteiger partial charge in [-0.3, -0.25) is 14.5 Å². The number of carbonyl (C=O) groups is 2. The molecule has 3 aromatic rings. The molecule has 0 saturated heterocycles. The maximum Gasteiger partial charge on any atom is 0.275 e. The minimum atomic E-state index is -1.07. The van der Waals surface area contributed by atoms with Crippen LogP contribution in [0.5, 0.6) is 5.75 Å². The first-order chi connectivity index (χ1) is 16.9. The second-order valence-corrected chi connectivity index (χ2v) is 10.3. The molecular formula is C29H35N3O3. The van der Waals surface area contributed by atoms with Gasteiger partial charge in [0.25, 0.3) is 5.91 Å². The van der Waals surface area contributed by atoms with Gasteiger partial charge in [-0.15, -0.1) is 0 Å². The lowest BCUT2D eigenvalue weighted by atomic mass is 9.91. The highest BCUT2D eigenvalue weighted by Gasteiger charge is 2.49. The van der Waals surface area contributed by atoms with Gasteiger partial charge >= 0.3 is 0 Å². The van der Waals surface area contributed by atoms with E-state index < -0.39 is 5.54 Å². The summed E-state index contributed by atoms with van der Waals surface area (Å²) in [7, 11) is 1.64. The summed E-state index contributed by atoms with van der Waals surface area (Å²) in [5.41, 5.74) is 2.27. The van der Waals surface area contributed by atoms with Gasteiger partial charge in [-0.1, -0.05) is 49.8 Å². The number of carbonyl (C=O) groups excluding carboxylic acids is 2. The Morgan fingerprint density at radius 1 is 1.00 bits per heavy atom. The van der Waals surface area contributed by atoms with Gasteiger partial charge in [0.15, 0.2) is 0 Å². The van der Waals surface area contributed by atoms with Crippen molar-refractivity contribution in [1.29, 1.82) is 0 Å². The van der Waals surface area contributed by atoms with E-state index in [9.17, 15) is 9.59 Å². The van der Waals surface area contributed by atoms with E-state index in [4.69, 9.17) is 4.74 Å². The Morgan fingerprint density at radius 3 is 2.37 bits per heavy atom. The molecule has 6 heteroatoms. The Morgan fingerprint density at radius 2 is 1.69 bits per heavy atom. The van der Waals surface area contributed by atoms with E-state index in [2.05, 4.69) is 5.32 Å². The molecule has 184 valence electrons. The minimum absolute atomic E-state index is 0.0904. The smallest absolute Gasteiger partial charge is 0.275 e. The Kier molecular flexibility index (Phi) is 6.30. The average Bonchev–Trinajstić information content (AvgIpc) is 3.19. The second-order valence-electron chi connectivity index (χ2n) is 10.3. The van der Waals surface area contributed by atoms with Crippen molar-refractivity contribution in [3.05, 3.63) is 59.8 Å². The van der Waals surface area contributed by atoms with Crippen LogP contribution in [0.25, 0.3) is 10.9 Å². The third kappa shape index (κ3) is 4.30. The van der Waals surface area contributed by atoms with Crippen LogP contribution in [0.15, 0.2) is 48.5 Å². The molecule has 5 rings (SSSR count). The number of aromatic nitrogens is 1. The molecule has 0 bridgehead atoms. The number of nitrogens with zero attached hydrogens (tertiary/aromatic N) is 2. The molecule has 1 fully saturated rings. The SMILES string of the molecule is COc1ccc2cc3n(c2c1)C[C@@](C)(C(=O)NC1CCCCCCC1)N(c1ccc(C)cc1)C3=O. The van der Waals surface area contributed by atoms with Crippen LogP contribution in [-0.4, -0.2) is 35.1 Å². The first-order valence-corrected chi connectivity index (χ1v) is 12.8. The fourth-order valence-electron chi connectivity index (χ4n) is 5.64. The van der Waals surface area contributed by atoms with Gasteiger partial charge in [-0.2, -0.15) is 0 Å². The largest absolute Gasteiger partial charge is 0.497 e. The van der Waals surface area contributed by atoms with Crippen LogP contribution >= 0.6 is 0 Å². The number of rotatable bonds is 4. The molecule has 1 N–H and O–H groups in total. The molecule has 1 atom stereocenters. The van der Waals surface area contributed by atoms with E-state index in [0.717, 1.165) is 53.6 Å². The van der Waals surface area contributed by atoms with Crippen molar-refractivity contribution in [2.45, 2.75) is 76.9 Å². The van der Waals surface area contributed by atoms with Crippen LogP contribution < -0.4 is 15.0 Å². The molecule has 0 spiro atoms. The standard InChI is InChI=1S/C29H35N3O3/c1-20-11-14-23(15-12-20)32-27(33)26-17-21-13-16-24(35-3)18-25(21)31(26)19-29(32,2)28(34)30-22-9-7-5-4-6-8-10-22/h11-18,22H,4-10,19H2,1-3H3,(H,30,34)/t29-/m0/s1. The summed E-state index contributed by atoms with van der Waals surface area (Å²) in [6, 6.07) is 15.7. The molecule has 0 radical (unpaired) electrons. The lowest BCUT2D eigenvalue weighted by Gasteiger charge is -2.44. The lowest BCUT2D eigenvalue weighted by Crippen LogP contribution is -2.65. The fourth-order valence-corrected chi connectivity index (χ4v) is 5.64. The molecule has 2 aromatic carbocycles. The third-order valence-corrected chi connectivity index (χ3v) is 7.71. The van der Waals surface area contributed by atoms with Crippen LogP contribution in [0.2, 0.25) is 0 Å². The first-order valence-electron chi connectivity index (χ1n) is 12.8. The molecule has 2 aliphatic rings. The monoisotopic (exact) mass is 473 g/mol. The maximum absolute atomic E-state index is 14.0. The summed E-state index contributed by atoms with van der Waals surface area (Å²) >= 11 is 0. The molecule has 1 aromatic heterocycles. The number of ether oxygens (including phenoxy) is 1. The Hall–Kier alpha value is -3.28. The molecule has 1 aliphatic heterocycles. The number of amides is 2. The van der Waals surface area contributed by atoms with Crippen LogP contribution in [0.1, 0.15) is 67.9 Å². The number of hydrogen-bond acceptors (Lipinski definition) is 3. The number of methoxy groups -OCH3 is 1. The van der Waals surface area contributed by atoms with Crippen molar-refractivity contribution < 1.29 is 14.3 Å². The Labute approximate surface area is 207 Å². The van der Waals surface area contributed by atoms with Gasteiger partial charge in [0.05, 0.1) is 19.2 Å². The molecule has 2 amide bonds. The second kappa shape index (κ2) is 9.40. The fraction of sp³-hybridized carbons (Fsp3) is 0.448. The van der Waals surface area contributed by atoms with Crippen molar-refractivity contribution >= 4 is 28.4 Å². The van der Waals surface area contributed by atoms with Crippen molar-refractivity contribution in [1.82, 2.24) is 9.88 Å². The zero-order valence-corrected chi connectivity index (χ0v) is 21.0. The van der Waals surface area contributed by atoms with Crippen LogP contribution in [-0.2, 0) is 11.3 Å². The summed E-state index contributed by atoms with van der Waals surface area (Å²) in [6.07, 6.45) is 7.98. The van der Waals surface area contributed by atoms with Gasteiger partial charge in [0.1, 0.15) is 17.0 Å². The zero-order valence-electron chi connectivity index (χ0n) is 21.0. The predicted octanol–water partition coefficient (Wildman–Crippen LogP) is 5.61. The highest BCUT2D eigenvalue weighted by atomic mass is 16.5. The van der Waals surface area contributed by atoms with E-state index in [1.54, 1.807) is 12.0 Å². The van der Waals surface area contributed by atoms with E-state index in [-0.39, 0.29) is 17.9 Å². The summed E-state index contributed by atoms with van der Waals surface area (Å²) < 4.78 is 7.43. The normalized spacial score (nSPS) is 21.3. The highest BCUT2D eigenvalue weighted by Crippen LogP contribution is 2.37. The minimum Gasteiger partial charge on any atom is -0.497 e. The molecule has 1 saturated carbocycles. The summed E-state index contributed by atoms with van der Waals surface area (Å²) in [5, 5.41) is 4.31. The Bertz CT molecular complexity index is 1240. The van der Waals surface area contributed by atoms with E-state index >= 15 is 0 Å². The van der Waals surface area contributed by atoms with Gasteiger partial charge in [-0.05, 0) is 57.0 Å². The topological polar surface area (TPSA) is 63.6 Å². The highest BCUT2D eigenvalue weighted by molar-refractivity contribution is 6.14. The number of benzene rings is 2. The average molecular weight is 474 g/mol. The molecular weight excluding hydrogens is 438 g/mol. The third-order valence-electron chi connectivity index (χ3n) is 7.71. The maximum atomic E-state index is 14.0. The van der Waals surface area contributed by atoms with Crippen molar-refractivity contribution in [3.63, 3.8) is 0 Å². The summed E-state index contributed by atoms with van der Waals surface area (Å²) in [4.78, 5) is 29.8. The number of hydrogen-bond donors (Lipinski definition) is 1. The van der Waals surface area contributed by atoms with Crippen molar-refractivity contribution in [2.75, 3.05) is 12.0 Å². The number of anilines is 1. The molecule has 6 nitrogen and oxygen atoms in total. The number of fused-ring (bicyclic) bond motifs is 3. The van der Waals surface area contributed by atoms with E-state index in [1.165, 1.54) is 19.3 Å². The number of nitrogens with one attached hydrogen (secondary N) is 1. The van der Waals surface area contributed by atoms with E-state index in [0.29, 0.717) is 12.2 Å². The summed E-state index contributed by atoms with van der Waals surface area (Å²) in [6.45, 7) is 4.29. The van der Waals surface area contributed by atoms with Crippen molar-refractivity contribution in [2.24, 2.45) is 0 Å². The predicted molar refractivity (Wildman–Crippen MR) is 139 cm³/mol. The first kappa shape index (κ1) is 23.5. The van der Waals surface area contributed by atoms with Crippen LogP contribution in [0.3, 0.4) is 0 Å². The lowest BCUT2D eigenvalue weighted by molar-refractivity contribution is -0.127. The molecule has 35 heavy (non-hydrogen) atoms. The van der Waals surface area contributed by atoms with E-state index in [1.807, 2.05) is 66.9 Å². The Balaban J connectivity index is 1.58. The van der Waals surface area contributed by atoms with Crippen molar-refractivity contribution in [3.8, 4) is 5.75 Å². The molecule has 2 heterocycles. The summed E-state index contributed by atoms with van der Waals surface area (Å²) in [5.74, 6) is 0.477. The zero-order chi connectivity index (χ0) is 24.6. The van der Waals surface area contributed by atoms with Gasteiger partial charge in [0.2, 0.25) is 5.91 Å². The van der Waals surface area contributed by atoms with Gasteiger partial charge < -0.3 is 14.6 Å². The van der Waals surface area contributed by atoms with Crippen LogP contribution in [0.4, 0.5) is 5.69 Å². The van der Waals surface area contributed by atoms with Gasteiger partial charge in [-0.25, -0.2) is 0 Å². The quantitative estimate of drug-likeness (QED) is 0.536. The molecule has 0 unspecified atom stereocenters. The number of aryl methyl sites for hydroxylation is 1.